The molecule has 0 aliphatic heterocycles. The molecule has 0 aromatic heterocycles. The van der Waals surface area contributed by atoms with Crippen LogP contribution in [-0.2, 0) is 0 Å². The molecule has 0 N–H and O–H groups in total. The lowest BCUT2D eigenvalue weighted by Crippen LogP contribution is -2.11. The molecule has 24 heavy (non-hydrogen) atoms. The van der Waals surface area contributed by atoms with E-state index in [-0.39, 0.29) is 0 Å². The first-order valence-electron chi connectivity index (χ1n) is 8.46. The van der Waals surface area contributed by atoms with Crippen LogP contribution in [0.5, 0.6) is 0 Å². The normalized spacial score (nSPS) is 21.3. The molecule has 0 nitrogen and oxygen atoms in total. The van der Waals surface area contributed by atoms with E-state index in [4.69, 9.17) is 0 Å². The van der Waals surface area contributed by atoms with Crippen molar-refractivity contribution in [2.24, 2.45) is 5.92 Å². The Hall–Kier alpha value is -2.03. The Balaban J connectivity index is 1.74. The van der Waals surface area contributed by atoms with Gasteiger partial charge in [-0.2, -0.15) is 0 Å². The predicted molar refractivity (Wildman–Crippen MR) is 91.3 cm³/mol. The Morgan fingerprint density at radius 1 is 0.833 bits per heavy atom. The zero-order valence-electron chi connectivity index (χ0n) is 13.7. The minimum Gasteiger partial charge on any atom is -0.204 e. The summed E-state index contributed by atoms with van der Waals surface area (Å²) in [7, 11) is 0. The van der Waals surface area contributed by atoms with Crippen LogP contribution in [0.25, 0.3) is 11.1 Å². The van der Waals surface area contributed by atoms with Crippen LogP contribution in [-0.4, -0.2) is 0 Å². The van der Waals surface area contributed by atoms with E-state index in [0.717, 1.165) is 25.0 Å². The Labute approximate surface area is 141 Å². The average molecular weight is 330 g/mol. The highest BCUT2D eigenvalue weighted by Crippen LogP contribution is 2.37. The van der Waals surface area contributed by atoms with E-state index in [1.54, 1.807) is 0 Å². The molecule has 0 spiro atoms. The van der Waals surface area contributed by atoms with E-state index in [2.05, 4.69) is 19.1 Å². The van der Waals surface area contributed by atoms with E-state index >= 15 is 0 Å². The highest BCUT2D eigenvalue weighted by molar-refractivity contribution is 5.64. The summed E-state index contributed by atoms with van der Waals surface area (Å²) < 4.78 is 39.8. The van der Waals surface area contributed by atoms with Gasteiger partial charge in [0.25, 0.3) is 0 Å². The Kier molecular flexibility index (Phi) is 5.08. The van der Waals surface area contributed by atoms with Gasteiger partial charge in [0.15, 0.2) is 17.5 Å². The van der Waals surface area contributed by atoms with Crippen molar-refractivity contribution < 1.29 is 13.2 Å². The zero-order valence-corrected chi connectivity index (χ0v) is 13.7. The maximum Gasteiger partial charge on any atom is 0.194 e. The first-order chi connectivity index (χ1) is 11.6. The molecule has 126 valence electrons. The van der Waals surface area contributed by atoms with Gasteiger partial charge in [-0.1, -0.05) is 36.4 Å². The first kappa shape index (κ1) is 16.8. The molecular weight excluding hydrogens is 309 g/mol. The highest BCUT2D eigenvalue weighted by atomic mass is 19.2. The fourth-order valence-electron chi connectivity index (χ4n) is 3.59. The van der Waals surface area contributed by atoms with Gasteiger partial charge < -0.3 is 0 Å². The van der Waals surface area contributed by atoms with E-state index in [1.165, 1.54) is 18.4 Å². The van der Waals surface area contributed by atoms with Crippen molar-refractivity contribution in [2.75, 3.05) is 0 Å². The molecule has 3 rings (SSSR count). The summed E-state index contributed by atoms with van der Waals surface area (Å²) >= 11 is 0. The molecule has 0 radical (unpaired) electrons. The lowest BCUT2D eigenvalue weighted by molar-refractivity contribution is 0.376. The zero-order chi connectivity index (χ0) is 17.1. The summed E-state index contributed by atoms with van der Waals surface area (Å²) in [6.45, 7) is 2.06. The Morgan fingerprint density at radius 3 is 1.96 bits per heavy atom. The van der Waals surface area contributed by atoms with Crippen molar-refractivity contribution in [3.8, 4) is 11.1 Å². The Morgan fingerprint density at radius 2 is 1.42 bits per heavy atom. The lowest BCUT2D eigenvalue weighted by atomic mass is 9.78. The number of hydrogen-bond acceptors (Lipinski definition) is 0. The minimum absolute atomic E-state index is 0.356. The molecule has 0 saturated heterocycles. The third-order valence-corrected chi connectivity index (χ3v) is 4.94. The summed E-state index contributed by atoms with van der Waals surface area (Å²) in [5.41, 5.74) is 2.31. The number of benzene rings is 2. The number of halogens is 3. The lowest BCUT2D eigenvalue weighted by Gasteiger charge is -2.27. The molecule has 1 aliphatic rings. The van der Waals surface area contributed by atoms with Crippen molar-refractivity contribution in [1.29, 1.82) is 0 Å². The third kappa shape index (κ3) is 3.55. The fraction of sp³-hybridized carbons (Fsp3) is 0.333. The van der Waals surface area contributed by atoms with E-state index in [1.807, 2.05) is 24.3 Å². The smallest absolute Gasteiger partial charge is 0.194 e. The van der Waals surface area contributed by atoms with Crippen LogP contribution < -0.4 is 0 Å². The van der Waals surface area contributed by atoms with Gasteiger partial charge >= 0.3 is 0 Å². The predicted octanol–water partition coefficient (Wildman–Crippen LogP) is 6.62. The largest absolute Gasteiger partial charge is 0.204 e. The molecule has 1 saturated carbocycles. The van der Waals surface area contributed by atoms with E-state index in [9.17, 15) is 13.2 Å². The molecular formula is C21H21F3. The Bertz CT molecular complexity index is 700. The monoisotopic (exact) mass is 330 g/mol. The van der Waals surface area contributed by atoms with Crippen molar-refractivity contribution in [3.63, 3.8) is 0 Å². The van der Waals surface area contributed by atoms with Crippen LogP contribution in [0.1, 0.15) is 44.1 Å². The van der Waals surface area contributed by atoms with Gasteiger partial charge in [-0.05, 0) is 73.3 Å². The summed E-state index contributed by atoms with van der Waals surface area (Å²) in [6.07, 6.45) is 9.14. The SMILES string of the molecule is C/C=C/C1CCC(c2ccc(-c3cc(F)c(F)c(F)c3)cc2)CC1. The second kappa shape index (κ2) is 7.25. The molecule has 0 heterocycles. The van der Waals surface area contributed by atoms with Crippen molar-refractivity contribution in [3.05, 3.63) is 71.6 Å². The van der Waals surface area contributed by atoms with Crippen molar-refractivity contribution >= 4 is 0 Å². The molecule has 0 amide bonds. The standard InChI is InChI=1S/C21H21F3/c1-2-3-14-4-6-15(7-5-14)16-8-10-17(11-9-16)18-12-19(22)21(24)20(23)13-18/h2-3,8-15H,4-7H2,1H3/b3-2+. The van der Waals surface area contributed by atoms with E-state index < -0.39 is 17.5 Å². The molecule has 0 atom stereocenters. The molecule has 1 aliphatic carbocycles. The second-order valence-corrected chi connectivity index (χ2v) is 6.51. The van der Waals surface area contributed by atoms with Gasteiger partial charge in [0.2, 0.25) is 0 Å². The van der Waals surface area contributed by atoms with Crippen molar-refractivity contribution in [1.82, 2.24) is 0 Å². The topological polar surface area (TPSA) is 0 Å². The molecule has 2 aromatic carbocycles. The molecule has 3 heteroatoms. The van der Waals surface area contributed by atoms with Gasteiger partial charge in [0.05, 0.1) is 0 Å². The summed E-state index contributed by atoms with van der Waals surface area (Å²) in [6, 6.07) is 9.84. The van der Waals surface area contributed by atoms with Crippen LogP contribution in [0.2, 0.25) is 0 Å². The fourth-order valence-corrected chi connectivity index (χ4v) is 3.59. The van der Waals surface area contributed by atoms with Crippen LogP contribution >= 0.6 is 0 Å². The second-order valence-electron chi connectivity index (χ2n) is 6.51. The van der Waals surface area contributed by atoms with Crippen LogP contribution in [0.4, 0.5) is 13.2 Å². The third-order valence-electron chi connectivity index (χ3n) is 4.94. The van der Waals surface area contributed by atoms with Gasteiger partial charge in [-0.25, -0.2) is 13.2 Å². The quantitative estimate of drug-likeness (QED) is 0.438. The van der Waals surface area contributed by atoms with Gasteiger partial charge in [-0.3, -0.25) is 0 Å². The van der Waals surface area contributed by atoms with Gasteiger partial charge in [0.1, 0.15) is 0 Å². The average Bonchev–Trinajstić information content (AvgIpc) is 2.60. The van der Waals surface area contributed by atoms with Crippen LogP contribution in [0.3, 0.4) is 0 Å². The summed E-state index contributed by atoms with van der Waals surface area (Å²) in [5, 5.41) is 0. The highest BCUT2D eigenvalue weighted by Gasteiger charge is 2.20. The molecule has 1 fully saturated rings. The molecule has 0 unspecified atom stereocenters. The number of hydrogen-bond donors (Lipinski definition) is 0. The molecule has 0 bridgehead atoms. The maximum atomic E-state index is 13.4. The van der Waals surface area contributed by atoms with Crippen LogP contribution in [0.15, 0.2) is 48.6 Å². The van der Waals surface area contributed by atoms with Gasteiger partial charge in [0, 0.05) is 0 Å². The number of rotatable bonds is 3. The molecule has 2 aromatic rings. The first-order valence-corrected chi connectivity index (χ1v) is 8.46. The van der Waals surface area contributed by atoms with Crippen LogP contribution in [0, 0.1) is 23.4 Å². The maximum absolute atomic E-state index is 13.4. The number of allylic oxidation sites excluding steroid dienone is 2. The minimum atomic E-state index is -1.42. The van der Waals surface area contributed by atoms with Crippen molar-refractivity contribution in [2.45, 2.75) is 38.5 Å². The summed E-state index contributed by atoms with van der Waals surface area (Å²) in [4.78, 5) is 0. The van der Waals surface area contributed by atoms with E-state index in [0.29, 0.717) is 23.0 Å². The summed E-state index contributed by atoms with van der Waals surface area (Å²) in [5.74, 6) is -2.50. The van der Waals surface area contributed by atoms with Gasteiger partial charge in [-0.15, -0.1) is 0 Å².